The Kier molecular flexibility index (Phi) is 4.68. The van der Waals surface area contributed by atoms with Gasteiger partial charge in [0.25, 0.3) is 0 Å². The maximum absolute atomic E-state index is 13.7. The molecule has 4 aromatic rings. The summed E-state index contributed by atoms with van der Waals surface area (Å²) in [4.78, 5) is 17.4. The molecule has 0 atom stereocenters. The lowest BCUT2D eigenvalue weighted by Crippen LogP contribution is -2.26. The maximum atomic E-state index is 13.7. The van der Waals surface area contributed by atoms with Gasteiger partial charge in [0.15, 0.2) is 22.9 Å². The first-order valence-corrected chi connectivity index (χ1v) is 10.2. The van der Waals surface area contributed by atoms with Crippen molar-refractivity contribution in [2.45, 2.75) is 32.2 Å². The van der Waals surface area contributed by atoms with Gasteiger partial charge in [-0.25, -0.2) is 9.50 Å². The molecule has 0 amide bonds. The summed E-state index contributed by atoms with van der Waals surface area (Å²) in [5.74, 6) is -0.367. The smallest absolute Gasteiger partial charge is 0.395 e. The van der Waals surface area contributed by atoms with Crippen molar-refractivity contribution in [2.75, 3.05) is 0 Å². The number of hydrogen-bond acceptors (Lipinski definition) is 6. The van der Waals surface area contributed by atoms with Gasteiger partial charge in [-0.2, -0.15) is 5.10 Å². The Hall–Kier alpha value is -3.85. The van der Waals surface area contributed by atoms with Gasteiger partial charge in [-0.1, -0.05) is 30.3 Å². The quantitative estimate of drug-likeness (QED) is 0.454. The Balaban J connectivity index is 1.51. The molecule has 5 rings (SSSR count). The van der Waals surface area contributed by atoms with Gasteiger partial charge in [0.05, 0.1) is 29.6 Å². The first-order chi connectivity index (χ1) is 15.6. The predicted molar refractivity (Wildman–Crippen MR) is 114 cm³/mol. The Morgan fingerprint density at radius 1 is 1.12 bits per heavy atom. The molecule has 0 bridgehead atoms. The van der Waals surface area contributed by atoms with Crippen molar-refractivity contribution in [3.05, 3.63) is 77.6 Å². The van der Waals surface area contributed by atoms with E-state index in [1.165, 1.54) is 16.8 Å². The molecule has 0 saturated heterocycles. The van der Waals surface area contributed by atoms with Crippen LogP contribution >= 0.6 is 0 Å². The van der Waals surface area contributed by atoms with Crippen molar-refractivity contribution in [3.63, 3.8) is 0 Å². The number of halogens is 2. The molecule has 0 radical (unpaired) electrons. The van der Waals surface area contributed by atoms with Crippen LogP contribution in [-0.4, -0.2) is 31.8 Å². The molecule has 2 aromatic heterocycles. The summed E-state index contributed by atoms with van der Waals surface area (Å²) >= 11 is 0. The first kappa shape index (κ1) is 21.0. The van der Waals surface area contributed by atoms with Crippen LogP contribution < -0.4 is 9.47 Å². The van der Waals surface area contributed by atoms with E-state index in [-0.39, 0.29) is 23.7 Å². The maximum Gasteiger partial charge on any atom is 0.586 e. The van der Waals surface area contributed by atoms with E-state index in [1.54, 1.807) is 62.4 Å². The molecule has 1 aliphatic rings. The highest BCUT2D eigenvalue weighted by molar-refractivity contribution is 5.97. The number of para-hydroxylation sites is 1. The lowest BCUT2D eigenvalue weighted by molar-refractivity contribution is -0.286. The number of Topliss-reactive ketones (excluding diaryl/α,β-unsaturated/α-hetero) is 1. The summed E-state index contributed by atoms with van der Waals surface area (Å²) in [6.07, 6.45) is -2.25. The van der Waals surface area contributed by atoms with Gasteiger partial charge in [0.2, 0.25) is 0 Å². The Morgan fingerprint density at radius 3 is 2.61 bits per heavy atom. The van der Waals surface area contributed by atoms with Gasteiger partial charge in [-0.15, -0.1) is 8.78 Å². The molecule has 0 unspecified atom stereocenters. The van der Waals surface area contributed by atoms with E-state index in [4.69, 9.17) is 4.74 Å². The van der Waals surface area contributed by atoms with Gasteiger partial charge >= 0.3 is 6.29 Å². The number of aliphatic hydroxyl groups is 1. The fourth-order valence-electron chi connectivity index (χ4n) is 3.75. The van der Waals surface area contributed by atoms with Crippen LogP contribution in [-0.2, 0) is 12.0 Å². The van der Waals surface area contributed by atoms with E-state index >= 15 is 0 Å². The van der Waals surface area contributed by atoms with Gasteiger partial charge in [0.1, 0.15) is 0 Å². The zero-order chi connectivity index (χ0) is 23.4. The first-order valence-electron chi connectivity index (χ1n) is 10.2. The van der Waals surface area contributed by atoms with E-state index in [9.17, 15) is 18.7 Å². The minimum atomic E-state index is -3.76. The van der Waals surface area contributed by atoms with Crippen LogP contribution in [0.4, 0.5) is 8.78 Å². The third-order valence-electron chi connectivity index (χ3n) is 5.37. The third kappa shape index (κ3) is 3.91. The number of carbonyl (C=O) groups is 1. The molecule has 0 spiro atoms. The van der Waals surface area contributed by atoms with E-state index in [1.807, 2.05) is 0 Å². The number of carbonyl (C=O) groups excluding carboxylic acids is 1. The average molecular weight is 451 g/mol. The standard InChI is InChI=1S/C24H19F2N3O4/c1-23(2,31)15-8-6-14(7-9-15)19(30)13-16-12-18(29-21(28-16)10-11-27-29)17-4-3-5-20-22(17)33-24(25,26)32-20/h3-12,31H,13H2,1-2H3. The van der Waals surface area contributed by atoms with Crippen LogP contribution in [0, 0.1) is 0 Å². The second-order valence-corrected chi connectivity index (χ2v) is 8.27. The zero-order valence-corrected chi connectivity index (χ0v) is 17.8. The molecule has 1 aliphatic heterocycles. The summed E-state index contributed by atoms with van der Waals surface area (Å²) in [7, 11) is 0. The van der Waals surface area contributed by atoms with Crippen molar-refractivity contribution in [1.29, 1.82) is 0 Å². The van der Waals surface area contributed by atoms with Crippen LogP contribution in [0.3, 0.4) is 0 Å². The fraction of sp³-hybridized carbons (Fsp3) is 0.208. The van der Waals surface area contributed by atoms with Crippen LogP contribution in [0.2, 0.25) is 0 Å². The number of benzene rings is 2. The number of ether oxygens (including phenoxy) is 2. The van der Waals surface area contributed by atoms with Crippen LogP contribution in [0.1, 0.15) is 35.5 Å². The largest absolute Gasteiger partial charge is 0.586 e. The minimum Gasteiger partial charge on any atom is -0.395 e. The van der Waals surface area contributed by atoms with Crippen molar-refractivity contribution < 1.29 is 28.2 Å². The molecule has 168 valence electrons. The van der Waals surface area contributed by atoms with E-state index in [0.29, 0.717) is 33.7 Å². The zero-order valence-electron chi connectivity index (χ0n) is 17.8. The number of aromatic nitrogens is 3. The monoisotopic (exact) mass is 451 g/mol. The average Bonchev–Trinajstić information content (AvgIpc) is 3.34. The van der Waals surface area contributed by atoms with Crippen molar-refractivity contribution in [3.8, 4) is 22.8 Å². The number of rotatable bonds is 5. The highest BCUT2D eigenvalue weighted by Crippen LogP contribution is 2.47. The predicted octanol–water partition coefficient (Wildman–Crippen LogP) is 4.37. The molecule has 2 aromatic carbocycles. The third-order valence-corrected chi connectivity index (χ3v) is 5.37. The minimum absolute atomic E-state index is 0.0148. The van der Waals surface area contributed by atoms with Gasteiger partial charge in [0, 0.05) is 17.2 Å². The topological polar surface area (TPSA) is 86.0 Å². The van der Waals surface area contributed by atoms with Gasteiger partial charge < -0.3 is 14.6 Å². The fourth-order valence-corrected chi connectivity index (χ4v) is 3.75. The molecule has 9 heteroatoms. The number of hydrogen-bond donors (Lipinski definition) is 1. The molecule has 3 heterocycles. The molecule has 7 nitrogen and oxygen atoms in total. The van der Waals surface area contributed by atoms with Crippen molar-refractivity contribution in [2.24, 2.45) is 0 Å². The number of nitrogens with zero attached hydrogens (tertiary/aromatic N) is 3. The normalized spacial score (nSPS) is 14.6. The lowest BCUT2D eigenvalue weighted by atomic mass is 9.96. The Morgan fingerprint density at radius 2 is 1.88 bits per heavy atom. The summed E-state index contributed by atoms with van der Waals surface area (Å²) in [5, 5.41) is 14.3. The van der Waals surface area contributed by atoms with Crippen LogP contribution in [0.25, 0.3) is 16.9 Å². The second-order valence-electron chi connectivity index (χ2n) is 8.27. The molecular weight excluding hydrogens is 432 g/mol. The van der Waals surface area contributed by atoms with Crippen molar-refractivity contribution >= 4 is 11.4 Å². The summed E-state index contributed by atoms with van der Waals surface area (Å²) in [6, 6.07) is 14.6. The van der Waals surface area contributed by atoms with Crippen LogP contribution in [0.5, 0.6) is 11.5 Å². The van der Waals surface area contributed by atoms with Gasteiger partial charge in [-0.3, -0.25) is 4.79 Å². The molecule has 0 saturated carbocycles. The Bertz CT molecular complexity index is 1370. The van der Waals surface area contributed by atoms with Crippen molar-refractivity contribution in [1.82, 2.24) is 14.6 Å². The molecule has 1 N–H and O–H groups in total. The highest BCUT2D eigenvalue weighted by atomic mass is 19.3. The molecule has 0 fully saturated rings. The van der Waals surface area contributed by atoms with E-state index in [0.717, 1.165) is 0 Å². The SMILES string of the molecule is CC(C)(O)c1ccc(C(=O)Cc2cc(-c3cccc4c3OC(F)(F)O4)n3nccc3n2)cc1. The van der Waals surface area contributed by atoms with Crippen LogP contribution in [0.15, 0.2) is 60.8 Å². The summed E-state index contributed by atoms with van der Waals surface area (Å²) in [5.41, 5.74) is 1.82. The van der Waals surface area contributed by atoms with E-state index < -0.39 is 11.9 Å². The second kappa shape index (κ2) is 7.35. The van der Waals surface area contributed by atoms with E-state index in [2.05, 4.69) is 14.8 Å². The molecule has 33 heavy (non-hydrogen) atoms. The number of ketones is 1. The molecule has 0 aliphatic carbocycles. The summed E-state index contributed by atoms with van der Waals surface area (Å²) in [6.45, 7) is 3.34. The van der Waals surface area contributed by atoms with Gasteiger partial charge in [-0.05, 0) is 37.6 Å². The lowest BCUT2D eigenvalue weighted by Gasteiger charge is -2.17. The Labute approximate surface area is 187 Å². The molecular formula is C24H19F2N3O4. The summed E-state index contributed by atoms with van der Waals surface area (Å²) < 4.78 is 38.2. The number of alkyl halides is 2. The highest BCUT2D eigenvalue weighted by Gasteiger charge is 2.44. The number of fused-ring (bicyclic) bond motifs is 2.